The Hall–Kier alpha value is -2.68. The molecule has 0 amide bonds. The summed E-state index contributed by atoms with van der Waals surface area (Å²) in [6.45, 7) is 18.8. The highest BCUT2D eigenvalue weighted by Crippen LogP contribution is 2.43. The van der Waals surface area contributed by atoms with Gasteiger partial charge in [0.25, 0.3) is 0 Å². The molecule has 188 valence electrons. The van der Waals surface area contributed by atoms with Crippen LogP contribution in [0.15, 0.2) is 78.5 Å². The molecule has 0 fully saturated rings. The third-order valence-corrected chi connectivity index (χ3v) is 8.41. The van der Waals surface area contributed by atoms with Gasteiger partial charge in [0, 0.05) is 0 Å². The van der Waals surface area contributed by atoms with Crippen LogP contribution in [0.2, 0.25) is 19.6 Å². The molecule has 3 aromatic carbocycles. The molecule has 2 heteroatoms. The van der Waals surface area contributed by atoms with Gasteiger partial charge in [-0.05, 0) is 73.4 Å². The summed E-state index contributed by atoms with van der Waals surface area (Å²) in [6.07, 6.45) is 3.48. The summed E-state index contributed by atoms with van der Waals surface area (Å²) >= 11 is 0. The first-order valence-electron chi connectivity index (χ1n) is 13.2. The summed E-state index contributed by atoms with van der Waals surface area (Å²) in [6, 6.07) is 24.7. The summed E-state index contributed by atoms with van der Waals surface area (Å²) in [5.74, 6) is 0. The highest BCUT2D eigenvalue weighted by atomic mass is 28.3. The fraction of sp³-hybridized carbons (Fsp3) is 0.353. The molecule has 0 aromatic heterocycles. The lowest BCUT2D eigenvalue weighted by Crippen LogP contribution is -2.22. The van der Waals surface area contributed by atoms with Crippen molar-refractivity contribution in [3.8, 4) is 0 Å². The normalized spacial score (nSPS) is 15.9. The topological polar surface area (TPSA) is 20.2 Å². The zero-order valence-electron chi connectivity index (χ0n) is 23.4. The number of benzene rings is 3. The molecular formula is C34H42OSi. The summed E-state index contributed by atoms with van der Waals surface area (Å²) in [4.78, 5) is 0. The molecule has 0 atom stereocenters. The molecule has 1 aliphatic rings. The van der Waals surface area contributed by atoms with Gasteiger partial charge in [0.2, 0.25) is 0 Å². The lowest BCUT2D eigenvalue weighted by Gasteiger charge is -2.33. The predicted octanol–water partition coefficient (Wildman–Crippen LogP) is 8.90. The van der Waals surface area contributed by atoms with Crippen LogP contribution in [-0.2, 0) is 17.4 Å². The summed E-state index contributed by atoms with van der Waals surface area (Å²) in [5, 5.41) is 9.54. The number of aliphatic hydroxyl groups excluding tert-OH is 1. The minimum atomic E-state index is -1.50. The van der Waals surface area contributed by atoms with Gasteiger partial charge in [-0.15, -0.1) is 0 Å². The van der Waals surface area contributed by atoms with E-state index in [1.165, 1.54) is 44.5 Å². The Morgan fingerprint density at radius 3 is 2.06 bits per heavy atom. The first kappa shape index (κ1) is 26.4. The van der Waals surface area contributed by atoms with E-state index in [0.29, 0.717) is 0 Å². The van der Waals surface area contributed by atoms with Crippen molar-refractivity contribution >= 4 is 19.2 Å². The smallest absolute Gasteiger partial charge is 0.0695 e. The van der Waals surface area contributed by atoms with Gasteiger partial charge in [0.1, 0.15) is 0 Å². The second kappa shape index (κ2) is 9.65. The minimum absolute atomic E-state index is 0.0729. The van der Waals surface area contributed by atoms with E-state index in [1.54, 1.807) is 0 Å². The van der Waals surface area contributed by atoms with Gasteiger partial charge in [-0.2, -0.15) is 0 Å². The van der Waals surface area contributed by atoms with Gasteiger partial charge in [-0.25, -0.2) is 0 Å². The number of aliphatic hydroxyl groups is 1. The van der Waals surface area contributed by atoms with Crippen molar-refractivity contribution in [1.29, 1.82) is 0 Å². The highest BCUT2D eigenvalue weighted by molar-refractivity contribution is 6.81. The molecule has 0 aliphatic heterocycles. The molecule has 1 N–H and O–H groups in total. The van der Waals surface area contributed by atoms with Crippen LogP contribution in [0.4, 0.5) is 0 Å². The molecule has 4 rings (SSSR count). The first-order valence-corrected chi connectivity index (χ1v) is 16.8. The molecule has 0 saturated carbocycles. The lowest BCUT2D eigenvalue weighted by molar-refractivity contribution is 0.282. The van der Waals surface area contributed by atoms with Crippen LogP contribution < -0.4 is 0 Å². The fourth-order valence-electron chi connectivity index (χ4n) is 5.08. The van der Waals surface area contributed by atoms with Crippen molar-refractivity contribution in [2.75, 3.05) is 0 Å². The standard InChI is InChI=1S/C34H42OSi/c1-33(2,3)28-16-13-25(14-17-28)29-19-20-34(4,5)32-18-15-27(21-30(29)32)31(23-36(6,7)8)26-11-9-24(22-35)10-12-26/h9-19,21,23,35H,20,22H2,1-8H3/b31-23-. The molecule has 0 heterocycles. The van der Waals surface area contributed by atoms with E-state index < -0.39 is 8.07 Å². The zero-order valence-corrected chi connectivity index (χ0v) is 24.4. The maximum absolute atomic E-state index is 9.54. The van der Waals surface area contributed by atoms with Crippen LogP contribution in [0.1, 0.15) is 80.0 Å². The van der Waals surface area contributed by atoms with E-state index in [-0.39, 0.29) is 17.4 Å². The van der Waals surface area contributed by atoms with Crippen LogP contribution in [0.5, 0.6) is 0 Å². The van der Waals surface area contributed by atoms with E-state index in [4.69, 9.17) is 0 Å². The van der Waals surface area contributed by atoms with E-state index in [9.17, 15) is 5.11 Å². The average Bonchev–Trinajstić information content (AvgIpc) is 2.81. The Kier molecular flexibility index (Phi) is 7.07. The number of rotatable bonds is 5. The van der Waals surface area contributed by atoms with Crippen LogP contribution in [0, 0.1) is 0 Å². The molecular weight excluding hydrogens is 452 g/mol. The summed E-state index contributed by atoms with van der Waals surface area (Å²) < 4.78 is 0. The summed E-state index contributed by atoms with van der Waals surface area (Å²) in [7, 11) is -1.50. The SMILES string of the molecule is CC(C)(C)c1ccc(C2=CCC(C)(C)c3ccc(/C(=C\[Si](C)(C)C)c4ccc(CO)cc4)cc32)cc1. The van der Waals surface area contributed by atoms with Crippen molar-refractivity contribution in [2.45, 2.75) is 78.1 Å². The van der Waals surface area contributed by atoms with Crippen molar-refractivity contribution < 1.29 is 5.11 Å². The Morgan fingerprint density at radius 2 is 1.50 bits per heavy atom. The van der Waals surface area contributed by atoms with Crippen molar-refractivity contribution in [1.82, 2.24) is 0 Å². The second-order valence-electron chi connectivity index (χ2n) is 13.1. The molecule has 0 spiro atoms. The van der Waals surface area contributed by atoms with Crippen molar-refractivity contribution in [3.63, 3.8) is 0 Å². The van der Waals surface area contributed by atoms with Crippen LogP contribution >= 0.6 is 0 Å². The molecule has 0 bridgehead atoms. The monoisotopic (exact) mass is 494 g/mol. The van der Waals surface area contributed by atoms with Crippen LogP contribution in [0.3, 0.4) is 0 Å². The van der Waals surface area contributed by atoms with Gasteiger partial charge >= 0.3 is 0 Å². The molecule has 3 aromatic rings. The van der Waals surface area contributed by atoms with Gasteiger partial charge in [-0.1, -0.05) is 127 Å². The zero-order chi connectivity index (χ0) is 26.3. The van der Waals surface area contributed by atoms with Gasteiger partial charge in [0.05, 0.1) is 14.7 Å². The Labute approximate surface area is 219 Å². The number of fused-ring (bicyclic) bond motifs is 1. The average molecular weight is 495 g/mol. The molecule has 0 radical (unpaired) electrons. The number of allylic oxidation sites excluding steroid dienone is 1. The lowest BCUT2D eigenvalue weighted by atomic mass is 9.71. The first-order chi connectivity index (χ1) is 16.8. The maximum Gasteiger partial charge on any atom is 0.0695 e. The Morgan fingerprint density at radius 1 is 0.889 bits per heavy atom. The van der Waals surface area contributed by atoms with E-state index in [2.05, 4.69) is 121 Å². The molecule has 0 saturated heterocycles. The van der Waals surface area contributed by atoms with E-state index in [0.717, 1.165) is 12.0 Å². The summed E-state index contributed by atoms with van der Waals surface area (Å²) in [5.41, 5.74) is 14.3. The largest absolute Gasteiger partial charge is 0.392 e. The molecule has 1 aliphatic carbocycles. The van der Waals surface area contributed by atoms with Crippen molar-refractivity contribution in [3.05, 3.63) is 117 Å². The third-order valence-electron chi connectivity index (χ3n) is 7.25. The maximum atomic E-state index is 9.54. The Balaban J connectivity index is 1.86. The molecule has 0 unspecified atom stereocenters. The predicted molar refractivity (Wildman–Crippen MR) is 159 cm³/mol. The quantitative estimate of drug-likeness (QED) is 0.351. The number of hydrogen-bond acceptors (Lipinski definition) is 1. The molecule has 1 nitrogen and oxygen atoms in total. The third kappa shape index (κ3) is 5.66. The Bertz CT molecular complexity index is 1290. The van der Waals surface area contributed by atoms with Crippen molar-refractivity contribution in [2.24, 2.45) is 0 Å². The highest BCUT2D eigenvalue weighted by Gasteiger charge is 2.29. The number of hydrogen-bond donors (Lipinski definition) is 1. The van der Waals surface area contributed by atoms with Gasteiger partial charge in [0.15, 0.2) is 0 Å². The fourth-order valence-corrected chi connectivity index (χ4v) is 6.28. The van der Waals surface area contributed by atoms with E-state index in [1.807, 2.05) is 12.1 Å². The van der Waals surface area contributed by atoms with Crippen LogP contribution in [-0.4, -0.2) is 13.2 Å². The van der Waals surface area contributed by atoms with Gasteiger partial charge in [-0.3, -0.25) is 0 Å². The minimum Gasteiger partial charge on any atom is -0.392 e. The molecule has 36 heavy (non-hydrogen) atoms. The van der Waals surface area contributed by atoms with Gasteiger partial charge < -0.3 is 5.11 Å². The second-order valence-corrected chi connectivity index (χ2v) is 18.1. The van der Waals surface area contributed by atoms with Crippen LogP contribution in [0.25, 0.3) is 11.1 Å². The van der Waals surface area contributed by atoms with E-state index >= 15 is 0 Å².